The van der Waals surface area contributed by atoms with Gasteiger partial charge in [-0.3, -0.25) is 14.4 Å². The molecular formula is C22H22FN5O3. The van der Waals surface area contributed by atoms with Gasteiger partial charge in [0.25, 0.3) is 11.8 Å². The molecule has 4 rings (SSSR count). The van der Waals surface area contributed by atoms with E-state index in [1.807, 2.05) is 13.8 Å². The molecule has 0 saturated heterocycles. The molecule has 0 fully saturated rings. The van der Waals surface area contributed by atoms with E-state index >= 15 is 0 Å². The smallest absolute Gasteiger partial charge is 0.261 e. The fourth-order valence-electron chi connectivity index (χ4n) is 3.78. The van der Waals surface area contributed by atoms with Gasteiger partial charge in [0.15, 0.2) is 5.75 Å². The molecule has 4 heterocycles. The summed E-state index contributed by atoms with van der Waals surface area (Å²) >= 11 is 0. The van der Waals surface area contributed by atoms with E-state index < -0.39 is 11.4 Å². The van der Waals surface area contributed by atoms with Crippen molar-refractivity contribution in [3.05, 3.63) is 60.5 Å². The summed E-state index contributed by atoms with van der Waals surface area (Å²) in [5.41, 5.74) is 2.34. The van der Waals surface area contributed by atoms with E-state index in [-0.39, 0.29) is 12.5 Å². The fourth-order valence-corrected chi connectivity index (χ4v) is 3.78. The maximum absolute atomic E-state index is 13.2. The van der Waals surface area contributed by atoms with Crippen molar-refractivity contribution in [3.63, 3.8) is 0 Å². The van der Waals surface area contributed by atoms with Gasteiger partial charge in [-0.05, 0) is 32.0 Å². The van der Waals surface area contributed by atoms with E-state index in [4.69, 9.17) is 14.5 Å². The molecule has 31 heavy (non-hydrogen) atoms. The van der Waals surface area contributed by atoms with Crippen molar-refractivity contribution in [1.29, 1.82) is 0 Å². The van der Waals surface area contributed by atoms with Crippen LogP contribution in [0.25, 0.3) is 11.3 Å². The minimum atomic E-state index is -0.743. The number of methoxy groups -OCH3 is 2. The van der Waals surface area contributed by atoms with Gasteiger partial charge in [0.1, 0.15) is 5.83 Å². The molecule has 9 heteroatoms. The van der Waals surface area contributed by atoms with Crippen molar-refractivity contribution in [1.82, 2.24) is 19.7 Å². The van der Waals surface area contributed by atoms with E-state index in [9.17, 15) is 9.18 Å². The van der Waals surface area contributed by atoms with Crippen molar-refractivity contribution in [2.75, 3.05) is 19.1 Å². The first-order valence-electron chi connectivity index (χ1n) is 9.56. The van der Waals surface area contributed by atoms with Crippen molar-refractivity contribution < 1.29 is 18.7 Å². The summed E-state index contributed by atoms with van der Waals surface area (Å²) in [4.78, 5) is 23.9. The number of allylic oxidation sites excluding steroid dienone is 1. The predicted octanol–water partition coefficient (Wildman–Crippen LogP) is 3.74. The van der Waals surface area contributed by atoms with Crippen LogP contribution in [0.5, 0.6) is 11.6 Å². The second kappa shape index (κ2) is 7.50. The molecule has 3 aromatic rings. The van der Waals surface area contributed by atoms with E-state index in [2.05, 4.69) is 16.7 Å². The number of rotatable bonds is 6. The molecule has 0 radical (unpaired) electrons. The van der Waals surface area contributed by atoms with Crippen molar-refractivity contribution >= 4 is 11.6 Å². The molecule has 1 aliphatic heterocycles. The first-order chi connectivity index (χ1) is 14.8. The fraction of sp³-hybridized carbons (Fsp3) is 0.273. The number of nitrogens with zero attached hydrogens (tertiary/aromatic N) is 5. The third-order valence-corrected chi connectivity index (χ3v) is 5.21. The van der Waals surface area contributed by atoms with Crippen LogP contribution in [0, 0.1) is 0 Å². The van der Waals surface area contributed by atoms with Crippen molar-refractivity contribution in [2.45, 2.75) is 25.9 Å². The van der Waals surface area contributed by atoms with Gasteiger partial charge in [0.05, 0.1) is 55.1 Å². The first kappa shape index (κ1) is 20.5. The maximum Gasteiger partial charge on any atom is 0.261 e. The van der Waals surface area contributed by atoms with Gasteiger partial charge in [-0.1, -0.05) is 6.58 Å². The second-order valence-corrected chi connectivity index (χ2v) is 7.64. The van der Waals surface area contributed by atoms with Crippen LogP contribution in [-0.4, -0.2) is 39.9 Å². The number of carbonyl (C=O) groups is 1. The van der Waals surface area contributed by atoms with E-state index in [0.717, 1.165) is 5.56 Å². The zero-order chi connectivity index (χ0) is 22.3. The number of amides is 1. The lowest BCUT2D eigenvalue weighted by molar-refractivity contribution is 0.0982. The number of ether oxygens (including phenoxy) is 2. The van der Waals surface area contributed by atoms with E-state index in [1.54, 1.807) is 35.5 Å². The van der Waals surface area contributed by atoms with Gasteiger partial charge in [-0.2, -0.15) is 5.10 Å². The molecule has 0 N–H and O–H groups in total. The molecule has 1 aliphatic rings. The summed E-state index contributed by atoms with van der Waals surface area (Å²) in [5, 5.41) is 4.13. The molecule has 160 valence electrons. The average Bonchev–Trinajstić information content (AvgIpc) is 3.26. The maximum atomic E-state index is 13.2. The summed E-state index contributed by atoms with van der Waals surface area (Å²) in [5.74, 6) is 0.158. The van der Waals surface area contributed by atoms with Gasteiger partial charge >= 0.3 is 0 Å². The van der Waals surface area contributed by atoms with Crippen LogP contribution in [0.2, 0.25) is 0 Å². The average molecular weight is 423 g/mol. The standard InChI is InChI=1S/C22H22FN5O3/c1-13(23)11-27-12-15(10-25-27)28-21(29)16-6-7-17(26-19(16)22(28,2)3)14-8-18(30-4)20(31-5)24-9-14/h6-10,12H,1,11H2,2-5H3. The highest BCUT2D eigenvalue weighted by Gasteiger charge is 2.46. The lowest BCUT2D eigenvalue weighted by Gasteiger charge is -2.30. The molecule has 8 nitrogen and oxygen atoms in total. The Hall–Kier alpha value is -3.75. The van der Waals surface area contributed by atoms with Gasteiger partial charge < -0.3 is 9.47 Å². The van der Waals surface area contributed by atoms with Crippen LogP contribution in [0.1, 0.15) is 29.9 Å². The Labute approximate surface area is 178 Å². The number of hydrogen-bond acceptors (Lipinski definition) is 6. The number of carbonyl (C=O) groups excluding carboxylic acids is 1. The lowest BCUT2D eigenvalue weighted by atomic mass is 9.98. The number of fused-ring (bicyclic) bond motifs is 1. The first-order valence-corrected chi connectivity index (χ1v) is 9.56. The second-order valence-electron chi connectivity index (χ2n) is 7.64. The molecule has 0 saturated carbocycles. The summed E-state index contributed by atoms with van der Waals surface area (Å²) in [6.45, 7) is 7.01. The zero-order valence-corrected chi connectivity index (χ0v) is 17.7. The third kappa shape index (κ3) is 3.41. The minimum absolute atomic E-state index is 0.0654. The number of pyridine rings is 2. The molecule has 0 aliphatic carbocycles. The summed E-state index contributed by atoms with van der Waals surface area (Å²) in [6, 6.07) is 5.32. The topological polar surface area (TPSA) is 82.4 Å². The number of halogens is 1. The summed E-state index contributed by atoms with van der Waals surface area (Å²) in [7, 11) is 3.06. The molecule has 0 spiro atoms. The largest absolute Gasteiger partial charge is 0.491 e. The highest BCUT2D eigenvalue weighted by atomic mass is 19.1. The highest BCUT2D eigenvalue weighted by Crippen LogP contribution is 2.42. The molecule has 0 unspecified atom stereocenters. The van der Waals surface area contributed by atoms with Crippen LogP contribution in [0.3, 0.4) is 0 Å². The van der Waals surface area contributed by atoms with E-state index in [0.29, 0.717) is 34.3 Å². The molecule has 1 amide bonds. The Morgan fingerprint density at radius 1 is 1.23 bits per heavy atom. The Morgan fingerprint density at radius 3 is 2.68 bits per heavy atom. The van der Waals surface area contributed by atoms with Gasteiger partial charge in [-0.15, -0.1) is 0 Å². The number of anilines is 1. The normalized spacial score (nSPS) is 14.5. The van der Waals surface area contributed by atoms with Crippen LogP contribution in [-0.2, 0) is 12.1 Å². The van der Waals surface area contributed by atoms with E-state index in [1.165, 1.54) is 25.1 Å². The molecular weight excluding hydrogens is 401 g/mol. The molecule has 0 atom stereocenters. The lowest BCUT2D eigenvalue weighted by Crippen LogP contribution is -2.39. The summed E-state index contributed by atoms with van der Waals surface area (Å²) in [6.07, 6.45) is 4.80. The number of hydrogen-bond donors (Lipinski definition) is 0. The van der Waals surface area contributed by atoms with Crippen LogP contribution < -0.4 is 14.4 Å². The monoisotopic (exact) mass is 423 g/mol. The minimum Gasteiger partial charge on any atom is -0.491 e. The van der Waals surface area contributed by atoms with Crippen LogP contribution in [0.4, 0.5) is 10.1 Å². The highest BCUT2D eigenvalue weighted by molar-refractivity contribution is 6.11. The van der Waals surface area contributed by atoms with Gasteiger partial charge in [-0.25, -0.2) is 14.4 Å². The Bertz CT molecular complexity index is 1190. The van der Waals surface area contributed by atoms with Crippen LogP contribution >= 0.6 is 0 Å². The van der Waals surface area contributed by atoms with Gasteiger partial charge in [0, 0.05) is 18.0 Å². The van der Waals surface area contributed by atoms with Crippen molar-refractivity contribution in [2.24, 2.45) is 0 Å². The van der Waals surface area contributed by atoms with Gasteiger partial charge in [0.2, 0.25) is 0 Å². The van der Waals surface area contributed by atoms with Crippen molar-refractivity contribution in [3.8, 4) is 22.9 Å². The predicted molar refractivity (Wildman–Crippen MR) is 113 cm³/mol. The Kier molecular flexibility index (Phi) is 4.96. The molecule has 0 aromatic carbocycles. The Balaban J connectivity index is 1.73. The Morgan fingerprint density at radius 2 is 2.00 bits per heavy atom. The SMILES string of the molecule is C=C(F)Cn1cc(N2C(=O)c3ccc(-c4cnc(OC)c(OC)c4)nc3C2(C)C)cn1. The third-order valence-electron chi connectivity index (χ3n) is 5.21. The zero-order valence-electron chi connectivity index (χ0n) is 17.7. The molecule has 3 aromatic heterocycles. The quantitative estimate of drug-likeness (QED) is 0.601. The molecule has 0 bridgehead atoms. The summed E-state index contributed by atoms with van der Waals surface area (Å²) < 4.78 is 25.1. The van der Waals surface area contributed by atoms with Crippen LogP contribution in [0.15, 0.2) is 49.2 Å². The number of aromatic nitrogens is 4.